The summed E-state index contributed by atoms with van der Waals surface area (Å²) in [6.45, 7) is 6.56. The zero-order valence-electron chi connectivity index (χ0n) is 10.1. The van der Waals surface area contributed by atoms with Crippen molar-refractivity contribution in [3.63, 3.8) is 0 Å². The Kier molecular flexibility index (Phi) is 2.25. The summed E-state index contributed by atoms with van der Waals surface area (Å²) in [5.41, 5.74) is 3.94. The Bertz CT molecular complexity index is 454. The number of pyridine rings is 1. The molecule has 0 aliphatic heterocycles. The first kappa shape index (κ1) is 10.5. The second-order valence-electron chi connectivity index (χ2n) is 5.49. The minimum atomic E-state index is 0.209. The molecule has 0 saturated heterocycles. The fourth-order valence-electron chi connectivity index (χ4n) is 2.43. The van der Waals surface area contributed by atoms with E-state index in [2.05, 4.69) is 19.9 Å². The lowest BCUT2D eigenvalue weighted by atomic mass is 9.75. The molecule has 1 aromatic rings. The third-order valence-electron chi connectivity index (χ3n) is 3.58. The van der Waals surface area contributed by atoms with Gasteiger partial charge in [-0.3, -0.25) is 4.79 Å². The van der Waals surface area contributed by atoms with Crippen LogP contribution in [0.25, 0.3) is 0 Å². The summed E-state index contributed by atoms with van der Waals surface area (Å²) >= 11 is 0. The minimum absolute atomic E-state index is 0.209. The molecular formula is C13H19NO. The van der Waals surface area contributed by atoms with Crippen LogP contribution in [-0.4, -0.2) is 4.57 Å². The molecule has 82 valence electrons. The number of hydrogen-bond acceptors (Lipinski definition) is 1. The van der Waals surface area contributed by atoms with Crippen molar-refractivity contribution >= 4 is 0 Å². The van der Waals surface area contributed by atoms with E-state index < -0.39 is 0 Å². The number of aryl methyl sites for hydroxylation is 1. The van der Waals surface area contributed by atoms with Gasteiger partial charge in [0.1, 0.15) is 0 Å². The van der Waals surface area contributed by atoms with E-state index in [0.29, 0.717) is 5.41 Å². The van der Waals surface area contributed by atoms with E-state index in [0.717, 1.165) is 30.5 Å². The van der Waals surface area contributed by atoms with Gasteiger partial charge in [0.05, 0.1) is 0 Å². The molecular weight excluding hydrogens is 186 g/mol. The third kappa shape index (κ3) is 1.73. The monoisotopic (exact) mass is 205 g/mol. The van der Waals surface area contributed by atoms with Crippen LogP contribution in [0.2, 0.25) is 0 Å². The van der Waals surface area contributed by atoms with Gasteiger partial charge in [0.15, 0.2) is 0 Å². The Morgan fingerprint density at radius 3 is 2.73 bits per heavy atom. The standard InChI is InChI=1S/C13H19NO/c1-9-7-10-8-13(2,3)6-5-11(10)12(15)14(9)4/h7H,5-6,8H2,1-4H3. The molecule has 0 amide bonds. The lowest BCUT2D eigenvalue weighted by Gasteiger charge is -2.31. The first-order chi connectivity index (χ1) is 6.91. The SMILES string of the molecule is Cc1cc2c(c(=O)n1C)CCC(C)(C)C2. The summed E-state index contributed by atoms with van der Waals surface area (Å²) in [6.07, 6.45) is 3.10. The van der Waals surface area contributed by atoms with Gasteiger partial charge in [0.2, 0.25) is 0 Å². The summed E-state index contributed by atoms with van der Waals surface area (Å²) in [6, 6.07) is 2.18. The lowest BCUT2D eigenvalue weighted by molar-refractivity contribution is 0.313. The van der Waals surface area contributed by atoms with Crippen LogP contribution in [0.4, 0.5) is 0 Å². The van der Waals surface area contributed by atoms with Crippen molar-refractivity contribution in [2.45, 2.75) is 40.0 Å². The molecule has 0 radical (unpaired) electrons. The van der Waals surface area contributed by atoms with Crippen LogP contribution in [0, 0.1) is 12.3 Å². The average molecular weight is 205 g/mol. The number of rotatable bonds is 0. The van der Waals surface area contributed by atoms with Gasteiger partial charge < -0.3 is 4.57 Å². The van der Waals surface area contributed by atoms with E-state index >= 15 is 0 Å². The summed E-state index contributed by atoms with van der Waals surface area (Å²) in [7, 11) is 1.86. The fraction of sp³-hybridized carbons (Fsp3) is 0.615. The zero-order chi connectivity index (χ0) is 11.2. The van der Waals surface area contributed by atoms with E-state index in [-0.39, 0.29) is 5.56 Å². The van der Waals surface area contributed by atoms with Crippen LogP contribution in [0.15, 0.2) is 10.9 Å². The van der Waals surface area contributed by atoms with E-state index in [9.17, 15) is 4.79 Å². The van der Waals surface area contributed by atoms with E-state index in [4.69, 9.17) is 0 Å². The molecule has 15 heavy (non-hydrogen) atoms. The fourth-order valence-corrected chi connectivity index (χ4v) is 2.43. The molecule has 0 atom stereocenters. The summed E-state index contributed by atoms with van der Waals surface area (Å²) in [4.78, 5) is 12.0. The molecule has 0 saturated carbocycles. The van der Waals surface area contributed by atoms with Crippen LogP contribution in [0.1, 0.15) is 37.1 Å². The second-order valence-corrected chi connectivity index (χ2v) is 5.49. The van der Waals surface area contributed by atoms with Crippen LogP contribution >= 0.6 is 0 Å². The molecule has 2 rings (SSSR count). The maximum absolute atomic E-state index is 12.0. The van der Waals surface area contributed by atoms with Gasteiger partial charge in [0, 0.05) is 18.3 Å². The van der Waals surface area contributed by atoms with Gasteiger partial charge >= 0.3 is 0 Å². The van der Waals surface area contributed by atoms with Gasteiger partial charge in [-0.25, -0.2) is 0 Å². The van der Waals surface area contributed by atoms with Gasteiger partial charge in [-0.15, -0.1) is 0 Å². The van der Waals surface area contributed by atoms with Crippen molar-refractivity contribution in [2.75, 3.05) is 0 Å². The average Bonchev–Trinajstić information content (AvgIpc) is 2.12. The highest BCUT2D eigenvalue weighted by Gasteiger charge is 2.27. The maximum Gasteiger partial charge on any atom is 0.253 e. The van der Waals surface area contributed by atoms with Crippen molar-refractivity contribution < 1.29 is 0 Å². The molecule has 0 bridgehead atoms. The van der Waals surface area contributed by atoms with Crippen LogP contribution in [0.5, 0.6) is 0 Å². The number of fused-ring (bicyclic) bond motifs is 1. The molecule has 1 aliphatic rings. The highest BCUT2D eigenvalue weighted by molar-refractivity contribution is 5.30. The van der Waals surface area contributed by atoms with E-state index in [1.54, 1.807) is 4.57 Å². The predicted octanol–water partition coefficient (Wildman–Crippen LogP) is 2.21. The minimum Gasteiger partial charge on any atom is -0.316 e. The quantitative estimate of drug-likeness (QED) is 0.636. The van der Waals surface area contributed by atoms with Gasteiger partial charge in [-0.1, -0.05) is 13.8 Å². The van der Waals surface area contributed by atoms with Crippen molar-refractivity contribution in [1.29, 1.82) is 0 Å². The molecule has 2 nitrogen and oxygen atoms in total. The Morgan fingerprint density at radius 1 is 1.40 bits per heavy atom. The molecule has 0 spiro atoms. The molecule has 0 aromatic carbocycles. The maximum atomic E-state index is 12.0. The molecule has 1 heterocycles. The van der Waals surface area contributed by atoms with Crippen LogP contribution < -0.4 is 5.56 Å². The summed E-state index contributed by atoms with van der Waals surface area (Å²) < 4.78 is 1.76. The predicted molar refractivity (Wildman–Crippen MR) is 62.2 cm³/mol. The molecule has 0 unspecified atom stereocenters. The first-order valence-corrected chi connectivity index (χ1v) is 5.59. The third-order valence-corrected chi connectivity index (χ3v) is 3.58. The van der Waals surface area contributed by atoms with Crippen molar-refractivity contribution in [3.8, 4) is 0 Å². The second kappa shape index (κ2) is 3.22. The highest BCUT2D eigenvalue weighted by atomic mass is 16.1. The summed E-state index contributed by atoms with van der Waals surface area (Å²) in [5.74, 6) is 0. The van der Waals surface area contributed by atoms with Crippen molar-refractivity contribution in [3.05, 3.63) is 33.2 Å². The molecule has 1 aromatic heterocycles. The Morgan fingerprint density at radius 2 is 2.07 bits per heavy atom. The molecule has 0 fully saturated rings. The number of hydrogen-bond donors (Lipinski definition) is 0. The van der Waals surface area contributed by atoms with Crippen molar-refractivity contribution in [1.82, 2.24) is 4.57 Å². The van der Waals surface area contributed by atoms with E-state index in [1.807, 2.05) is 14.0 Å². The Labute approximate surface area is 90.9 Å². The molecule has 1 aliphatic carbocycles. The number of nitrogens with zero attached hydrogens (tertiary/aromatic N) is 1. The topological polar surface area (TPSA) is 22.0 Å². The van der Waals surface area contributed by atoms with Crippen molar-refractivity contribution in [2.24, 2.45) is 12.5 Å². The zero-order valence-corrected chi connectivity index (χ0v) is 10.1. The Hall–Kier alpha value is -1.05. The van der Waals surface area contributed by atoms with Gasteiger partial charge in [-0.2, -0.15) is 0 Å². The Balaban J connectivity index is 2.59. The lowest BCUT2D eigenvalue weighted by Crippen LogP contribution is -2.31. The first-order valence-electron chi connectivity index (χ1n) is 5.59. The van der Waals surface area contributed by atoms with Crippen LogP contribution in [-0.2, 0) is 19.9 Å². The molecule has 2 heteroatoms. The normalized spacial score (nSPS) is 18.7. The van der Waals surface area contributed by atoms with Gasteiger partial charge in [-0.05, 0) is 43.2 Å². The van der Waals surface area contributed by atoms with E-state index in [1.165, 1.54) is 5.56 Å². The smallest absolute Gasteiger partial charge is 0.253 e. The van der Waals surface area contributed by atoms with Crippen LogP contribution in [0.3, 0.4) is 0 Å². The van der Waals surface area contributed by atoms with Gasteiger partial charge in [0.25, 0.3) is 5.56 Å². The highest BCUT2D eigenvalue weighted by Crippen LogP contribution is 2.33. The number of aromatic nitrogens is 1. The molecule has 0 N–H and O–H groups in total. The largest absolute Gasteiger partial charge is 0.316 e. The summed E-state index contributed by atoms with van der Waals surface area (Å²) in [5, 5.41) is 0.